The van der Waals surface area contributed by atoms with Crippen molar-refractivity contribution >= 4 is 10.9 Å². The molecule has 0 fully saturated rings. The summed E-state index contributed by atoms with van der Waals surface area (Å²) in [6.45, 7) is 2.92. The molecule has 3 nitrogen and oxygen atoms in total. The summed E-state index contributed by atoms with van der Waals surface area (Å²) in [6.07, 6.45) is 0. The van der Waals surface area contributed by atoms with E-state index in [0.29, 0.717) is 0 Å². The molecule has 0 unspecified atom stereocenters. The average molecular weight is 276 g/mol. The topological polar surface area (TPSA) is 38.0 Å². The van der Waals surface area contributed by atoms with Crippen molar-refractivity contribution in [2.24, 2.45) is 0 Å². The number of nitrogens with zero attached hydrogens (tertiary/aromatic N) is 2. The van der Waals surface area contributed by atoms with E-state index < -0.39 is 0 Å². The highest BCUT2D eigenvalue weighted by atomic mass is 16.5. The maximum atomic E-state index is 9.60. The molecule has 2 aromatic carbocycles. The van der Waals surface area contributed by atoms with Gasteiger partial charge in [0.15, 0.2) is 0 Å². The van der Waals surface area contributed by atoms with Crippen LogP contribution in [-0.2, 0) is 6.54 Å². The van der Waals surface area contributed by atoms with Crippen LogP contribution >= 0.6 is 0 Å². The molecule has 0 radical (unpaired) electrons. The minimum Gasteiger partial charge on any atom is -0.497 e. The van der Waals surface area contributed by atoms with Crippen LogP contribution in [0.25, 0.3) is 22.2 Å². The molecular weight excluding hydrogens is 260 g/mol. The standard InChI is InChI=1S/C18H16N2O/c1-3-20-17-7-5-4-6-15(17)16(12-19)18(20)13-8-10-14(21-2)11-9-13/h4-11H,3H2,1-2H3. The van der Waals surface area contributed by atoms with E-state index >= 15 is 0 Å². The lowest BCUT2D eigenvalue weighted by Gasteiger charge is -2.09. The molecule has 1 heterocycles. The van der Waals surface area contributed by atoms with Crippen LogP contribution in [0.15, 0.2) is 48.5 Å². The SMILES string of the molecule is CCn1c(-c2ccc(OC)cc2)c(C#N)c2ccccc21. The lowest BCUT2D eigenvalue weighted by molar-refractivity contribution is 0.415. The van der Waals surface area contributed by atoms with E-state index in [1.165, 1.54) is 0 Å². The normalized spacial score (nSPS) is 10.5. The summed E-state index contributed by atoms with van der Waals surface area (Å²) >= 11 is 0. The molecule has 3 heteroatoms. The van der Waals surface area contributed by atoms with Gasteiger partial charge in [0.05, 0.1) is 18.4 Å². The zero-order valence-electron chi connectivity index (χ0n) is 12.1. The predicted octanol–water partition coefficient (Wildman–Crippen LogP) is 4.21. The lowest BCUT2D eigenvalue weighted by Crippen LogP contribution is -1.97. The number of nitriles is 1. The van der Waals surface area contributed by atoms with Crippen molar-refractivity contribution in [1.29, 1.82) is 5.26 Å². The molecule has 3 rings (SSSR count). The highest BCUT2D eigenvalue weighted by Crippen LogP contribution is 2.34. The Morgan fingerprint density at radius 3 is 2.43 bits per heavy atom. The Bertz CT molecular complexity index is 823. The molecule has 104 valence electrons. The number of benzene rings is 2. The first-order valence-electron chi connectivity index (χ1n) is 6.96. The monoisotopic (exact) mass is 276 g/mol. The van der Waals surface area contributed by atoms with Gasteiger partial charge in [0.1, 0.15) is 11.8 Å². The van der Waals surface area contributed by atoms with Gasteiger partial charge in [-0.2, -0.15) is 5.26 Å². The predicted molar refractivity (Wildman–Crippen MR) is 84.3 cm³/mol. The van der Waals surface area contributed by atoms with Gasteiger partial charge in [0.25, 0.3) is 0 Å². The number of methoxy groups -OCH3 is 1. The number of aromatic nitrogens is 1. The molecule has 0 amide bonds. The van der Waals surface area contributed by atoms with Crippen molar-refractivity contribution in [3.8, 4) is 23.1 Å². The first-order chi connectivity index (χ1) is 10.3. The second-order valence-corrected chi connectivity index (χ2v) is 4.83. The summed E-state index contributed by atoms with van der Waals surface area (Å²) in [5.74, 6) is 0.816. The number of rotatable bonds is 3. The van der Waals surface area contributed by atoms with E-state index in [4.69, 9.17) is 4.74 Å². The quantitative estimate of drug-likeness (QED) is 0.718. The molecular formula is C18H16N2O. The van der Waals surface area contributed by atoms with Gasteiger partial charge in [-0.15, -0.1) is 0 Å². The Hall–Kier alpha value is -2.73. The molecule has 1 aromatic heterocycles. The van der Waals surface area contributed by atoms with Gasteiger partial charge in [-0.05, 0) is 42.8 Å². The maximum absolute atomic E-state index is 9.60. The highest BCUT2D eigenvalue weighted by molar-refractivity contribution is 5.94. The molecule has 0 aliphatic rings. The largest absolute Gasteiger partial charge is 0.497 e. The number of aryl methyl sites for hydroxylation is 1. The van der Waals surface area contributed by atoms with Crippen LogP contribution in [0, 0.1) is 11.3 Å². The van der Waals surface area contributed by atoms with E-state index in [1.807, 2.05) is 42.5 Å². The van der Waals surface area contributed by atoms with Gasteiger partial charge in [-0.1, -0.05) is 18.2 Å². The highest BCUT2D eigenvalue weighted by Gasteiger charge is 2.17. The molecule has 0 aliphatic carbocycles. The summed E-state index contributed by atoms with van der Waals surface area (Å²) in [5.41, 5.74) is 3.84. The molecule has 0 spiro atoms. The van der Waals surface area contributed by atoms with Gasteiger partial charge in [0.2, 0.25) is 0 Å². The first-order valence-corrected chi connectivity index (χ1v) is 6.96. The Labute approximate surface area is 124 Å². The van der Waals surface area contributed by atoms with Crippen LogP contribution in [0.4, 0.5) is 0 Å². The van der Waals surface area contributed by atoms with Crippen LogP contribution < -0.4 is 4.74 Å². The molecule has 0 aliphatic heterocycles. The molecule has 0 bridgehead atoms. The van der Waals surface area contributed by atoms with Crippen molar-refractivity contribution in [3.05, 3.63) is 54.1 Å². The van der Waals surface area contributed by atoms with Crippen LogP contribution in [0.3, 0.4) is 0 Å². The number of hydrogen-bond donors (Lipinski definition) is 0. The maximum Gasteiger partial charge on any atom is 0.118 e. The van der Waals surface area contributed by atoms with Gasteiger partial charge in [0, 0.05) is 17.4 Å². The number of ether oxygens (including phenoxy) is 1. The van der Waals surface area contributed by atoms with Crippen molar-refractivity contribution < 1.29 is 4.74 Å². The molecule has 21 heavy (non-hydrogen) atoms. The summed E-state index contributed by atoms with van der Waals surface area (Å²) in [5, 5.41) is 10.6. The average Bonchev–Trinajstić information content (AvgIpc) is 2.88. The summed E-state index contributed by atoms with van der Waals surface area (Å²) < 4.78 is 7.40. The minimum atomic E-state index is 0.734. The third kappa shape index (κ3) is 2.05. The van der Waals surface area contributed by atoms with Crippen molar-refractivity contribution in [3.63, 3.8) is 0 Å². The van der Waals surface area contributed by atoms with Crippen molar-refractivity contribution in [2.45, 2.75) is 13.5 Å². The van der Waals surface area contributed by atoms with Crippen LogP contribution in [0.5, 0.6) is 5.75 Å². The van der Waals surface area contributed by atoms with E-state index in [1.54, 1.807) is 7.11 Å². The fraction of sp³-hybridized carbons (Fsp3) is 0.167. The van der Waals surface area contributed by atoms with E-state index in [2.05, 4.69) is 23.6 Å². The molecule has 0 saturated carbocycles. The van der Waals surface area contributed by atoms with Crippen molar-refractivity contribution in [2.75, 3.05) is 7.11 Å². The molecule has 0 saturated heterocycles. The smallest absolute Gasteiger partial charge is 0.118 e. The van der Waals surface area contributed by atoms with Gasteiger partial charge in [-0.25, -0.2) is 0 Å². The Balaban J connectivity index is 2.32. The first kappa shape index (κ1) is 13.3. The molecule has 3 aromatic rings. The van der Waals surface area contributed by atoms with E-state index in [0.717, 1.165) is 40.0 Å². The van der Waals surface area contributed by atoms with E-state index in [-0.39, 0.29) is 0 Å². The number of fused-ring (bicyclic) bond motifs is 1. The zero-order chi connectivity index (χ0) is 14.8. The lowest BCUT2D eigenvalue weighted by atomic mass is 10.1. The Kier molecular flexibility index (Phi) is 3.37. The van der Waals surface area contributed by atoms with Crippen LogP contribution in [0.1, 0.15) is 12.5 Å². The summed E-state index contributed by atoms with van der Waals surface area (Å²) in [7, 11) is 1.65. The minimum absolute atomic E-state index is 0.734. The zero-order valence-corrected chi connectivity index (χ0v) is 12.1. The third-order valence-corrected chi connectivity index (χ3v) is 3.76. The summed E-state index contributed by atoms with van der Waals surface area (Å²) in [4.78, 5) is 0. The van der Waals surface area contributed by atoms with E-state index in [9.17, 15) is 5.26 Å². The van der Waals surface area contributed by atoms with Gasteiger partial charge < -0.3 is 9.30 Å². The molecule has 0 atom stereocenters. The van der Waals surface area contributed by atoms with Crippen LogP contribution in [0.2, 0.25) is 0 Å². The second-order valence-electron chi connectivity index (χ2n) is 4.83. The van der Waals surface area contributed by atoms with Crippen LogP contribution in [-0.4, -0.2) is 11.7 Å². The van der Waals surface area contributed by atoms with Gasteiger partial charge >= 0.3 is 0 Å². The van der Waals surface area contributed by atoms with Gasteiger partial charge in [-0.3, -0.25) is 0 Å². The molecule has 0 N–H and O–H groups in total. The number of para-hydroxylation sites is 1. The second kappa shape index (κ2) is 5.34. The fourth-order valence-corrected chi connectivity index (χ4v) is 2.79. The fourth-order valence-electron chi connectivity index (χ4n) is 2.79. The summed E-state index contributed by atoms with van der Waals surface area (Å²) in [6, 6.07) is 18.3. The Morgan fingerprint density at radius 1 is 1.10 bits per heavy atom. The third-order valence-electron chi connectivity index (χ3n) is 3.76. The Morgan fingerprint density at radius 2 is 1.81 bits per heavy atom. The number of hydrogen-bond acceptors (Lipinski definition) is 2. The van der Waals surface area contributed by atoms with Crippen molar-refractivity contribution in [1.82, 2.24) is 4.57 Å².